The van der Waals surface area contributed by atoms with Crippen molar-refractivity contribution in [2.45, 2.75) is 25.7 Å². The minimum atomic E-state index is -3.84. The molecule has 1 aromatic heterocycles. The van der Waals surface area contributed by atoms with E-state index in [0.717, 1.165) is 11.1 Å². The molecule has 0 fully saturated rings. The van der Waals surface area contributed by atoms with Gasteiger partial charge in [-0.25, -0.2) is 23.1 Å². The first-order valence-corrected chi connectivity index (χ1v) is 10.6. The van der Waals surface area contributed by atoms with Crippen molar-refractivity contribution in [3.05, 3.63) is 71.5 Å². The summed E-state index contributed by atoms with van der Waals surface area (Å²) in [5.74, 6) is 0.264. The Morgan fingerprint density at radius 3 is 2.30 bits per heavy atom. The van der Waals surface area contributed by atoms with Gasteiger partial charge in [0.2, 0.25) is 5.95 Å². The SMILES string of the molecule is Cc1cc(C)cc(OCC(=O)Nc2ccc(S(=O)(=O)Nc3nccc(C)n3)cc2)c1. The molecule has 0 saturated carbocycles. The van der Waals surface area contributed by atoms with Crippen LogP contribution in [0.15, 0.2) is 59.6 Å². The standard InChI is InChI=1S/C21H22N4O4S/c1-14-10-15(2)12-18(11-14)29-13-20(26)24-17-4-6-19(7-5-17)30(27,28)25-21-22-9-8-16(3)23-21/h4-12H,13H2,1-3H3,(H,24,26)(H,22,23,25). The summed E-state index contributed by atoms with van der Waals surface area (Å²) in [5, 5.41) is 2.67. The summed E-state index contributed by atoms with van der Waals surface area (Å²) in [4.78, 5) is 20.1. The van der Waals surface area contributed by atoms with Crippen LogP contribution in [0.3, 0.4) is 0 Å². The lowest BCUT2D eigenvalue weighted by molar-refractivity contribution is -0.118. The van der Waals surface area contributed by atoms with Gasteiger partial charge in [-0.05, 0) is 74.4 Å². The zero-order chi connectivity index (χ0) is 21.7. The third-order valence-corrected chi connectivity index (χ3v) is 5.38. The molecule has 156 valence electrons. The van der Waals surface area contributed by atoms with Gasteiger partial charge in [0.1, 0.15) is 5.75 Å². The number of rotatable bonds is 7. The summed E-state index contributed by atoms with van der Waals surface area (Å²) < 4.78 is 32.8. The van der Waals surface area contributed by atoms with Gasteiger partial charge in [0.15, 0.2) is 6.61 Å². The van der Waals surface area contributed by atoms with E-state index in [9.17, 15) is 13.2 Å². The van der Waals surface area contributed by atoms with E-state index in [-0.39, 0.29) is 23.4 Å². The monoisotopic (exact) mass is 426 g/mol. The van der Waals surface area contributed by atoms with Crippen molar-refractivity contribution in [1.82, 2.24) is 9.97 Å². The molecular weight excluding hydrogens is 404 g/mol. The highest BCUT2D eigenvalue weighted by molar-refractivity contribution is 7.92. The van der Waals surface area contributed by atoms with E-state index in [1.807, 2.05) is 32.0 Å². The van der Waals surface area contributed by atoms with Crippen LogP contribution in [-0.2, 0) is 14.8 Å². The Labute approximate surface area is 175 Å². The predicted octanol–water partition coefficient (Wildman–Crippen LogP) is 3.22. The molecule has 0 atom stereocenters. The second-order valence-corrected chi connectivity index (χ2v) is 8.49. The van der Waals surface area contributed by atoms with Crippen molar-refractivity contribution in [3.8, 4) is 5.75 Å². The average molecular weight is 426 g/mol. The number of hydrogen-bond acceptors (Lipinski definition) is 6. The molecule has 2 aromatic carbocycles. The molecule has 9 heteroatoms. The van der Waals surface area contributed by atoms with E-state index in [1.165, 1.54) is 30.5 Å². The number of aromatic nitrogens is 2. The number of amides is 1. The molecule has 3 aromatic rings. The van der Waals surface area contributed by atoms with E-state index in [1.54, 1.807) is 13.0 Å². The minimum Gasteiger partial charge on any atom is -0.484 e. The van der Waals surface area contributed by atoms with Crippen molar-refractivity contribution >= 4 is 27.6 Å². The zero-order valence-electron chi connectivity index (χ0n) is 16.8. The van der Waals surface area contributed by atoms with Gasteiger partial charge in [-0.3, -0.25) is 4.79 Å². The van der Waals surface area contributed by atoms with Crippen LogP contribution >= 0.6 is 0 Å². The van der Waals surface area contributed by atoms with Gasteiger partial charge in [-0.2, -0.15) is 0 Å². The second-order valence-electron chi connectivity index (χ2n) is 6.81. The number of sulfonamides is 1. The third-order valence-electron chi connectivity index (χ3n) is 4.03. The Balaban J connectivity index is 1.60. The average Bonchev–Trinajstić information content (AvgIpc) is 2.66. The number of nitrogens with zero attached hydrogens (tertiary/aromatic N) is 2. The van der Waals surface area contributed by atoms with E-state index >= 15 is 0 Å². The lowest BCUT2D eigenvalue weighted by Crippen LogP contribution is -2.20. The zero-order valence-corrected chi connectivity index (χ0v) is 17.7. The van der Waals surface area contributed by atoms with E-state index < -0.39 is 10.0 Å². The highest BCUT2D eigenvalue weighted by Crippen LogP contribution is 2.18. The molecule has 0 aliphatic rings. The fraction of sp³-hybridized carbons (Fsp3) is 0.190. The van der Waals surface area contributed by atoms with Crippen LogP contribution in [0.5, 0.6) is 5.75 Å². The fourth-order valence-electron chi connectivity index (χ4n) is 2.76. The Hall–Kier alpha value is -3.46. The van der Waals surface area contributed by atoms with E-state index in [0.29, 0.717) is 17.1 Å². The largest absolute Gasteiger partial charge is 0.484 e. The number of benzene rings is 2. The van der Waals surface area contributed by atoms with Gasteiger partial charge in [0.25, 0.3) is 15.9 Å². The van der Waals surface area contributed by atoms with Crippen LogP contribution in [0.2, 0.25) is 0 Å². The highest BCUT2D eigenvalue weighted by Gasteiger charge is 2.16. The summed E-state index contributed by atoms with van der Waals surface area (Å²) in [6.07, 6.45) is 1.47. The molecule has 0 radical (unpaired) electrons. The molecule has 3 rings (SSSR count). The van der Waals surface area contributed by atoms with E-state index in [2.05, 4.69) is 20.0 Å². The van der Waals surface area contributed by atoms with Crippen molar-refractivity contribution in [1.29, 1.82) is 0 Å². The summed E-state index contributed by atoms with van der Waals surface area (Å²) in [6, 6.07) is 13.2. The first kappa shape index (κ1) is 21.3. The summed E-state index contributed by atoms with van der Waals surface area (Å²) >= 11 is 0. The molecule has 2 N–H and O–H groups in total. The summed E-state index contributed by atoms with van der Waals surface area (Å²) in [7, 11) is -3.84. The fourth-order valence-corrected chi connectivity index (χ4v) is 3.71. The van der Waals surface area contributed by atoms with Crippen LogP contribution in [0.25, 0.3) is 0 Å². The van der Waals surface area contributed by atoms with Crippen LogP contribution in [-0.4, -0.2) is 30.9 Å². The predicted molar refractivity (Wildman–Crippen MR) is 114 cm³/mol. The summed E-state index contributed by atoms with van der Waals surface area (Å²) in [6.45, 7) is 5.49. The van der Waals surface area contributed by atoms with Crippen molar-refractivity contribution in [2.24, 2.45) is 0 Å². The Bertz CT molecular complexity index is 1140. The number of carbonyl (C=O) groups is 1. The number of aryl methyl sites for hydroxylation is 3. The molecule has 0 aliphatic heterocycles. The Kier molecular flexibility index (Phi) is 6.31. The van der Waals surface area contributed by atoms with Crippen LogP contribution in [0.4, 0.5) is 11.6 Å². The van der Waals surface area contributed by atoms with Gasteiger partial charge < -0.3 is 10.1 Å². The summed E-state index contributed by atoms with van der Waals surface area (Å²) in [5.41, 5.74) is 3.19. The first-order valence-electron chi connectivity index (χ1n) is 9.15. The van der Waals surface area contributed by atoms with Crippen molar-refractivity contribution in [3.63, 3.8) is 0 Å². The number of anilines is 2. The molecule has 0 spiro atoms. The molecule has 0 bridgehead atoms. The number of carbonyl (C=O) groups excluding carboxylic acids is 1. The molecule has 0 unspecified atom stereocenters. The van der Waals surface area contributed by atoms with Gasteiger partial charge in [-0.1, -0.05) is 6.07 Å². The quantitative estimate of drug-likeness (QED) is 0.600. The third kappa shape index (κ3) is 5.77. The van der Waals surface area contributed by atoms with Crippen LogP contribution in [0, 0.1) is 20.8 Å². The molecule has 1 heterocycles. The van der Waals surface area contributed by atoms with E-state index in [4.69, 9.17) is 4.74 Å². The normalized spacial score (nSPS) is 11.0. The molecule has 1 amide bonds. The maximum atomic E-state index is 12.5. The first-order chi connectivity index (χ1) is 14.2. The Morgan fingerprint density at radius 1 is 1.00 bits per heavy atom. The van der Waals surface area contributed by atoms with Gasteiger partial charge >= 0.3 is 0 Å². The maximum absolute atomic E-state index is 12.5. The van der Waals surface area contributed by atoms with Crippen LogP contribution < -0.4 is 14.8 Å². The van der Waals surface area contributed by atoms with Crippen LogP contribution in [0.1, 0.15) is 16.8 Å². The lowest BCUT2D eigenvalue weighted by Gasteiger charge is -2.10. The molecule has 0 aliphatic carbocycles. The van der Waals surface area contributed by atoms with Crippen molar-refractivity contribution in [2.75, 3.05) is 16.6 Å². The van der Waals surface area contributed by atoms with Gasteiger partial charge in [0, 0.05) is 17.6 Å². The molecular formula is C21H22N4O4S. The minimum absolute atomic E-state index is 0.00378. The Morgan fingerprint density at radius 2 is 1.67 bits per heavy atom. The number of nitrogens with one attached hydrogen (secondary N) is 2. The molecule has 8 nitrogen and oxygen atoms in total. The highest BCUT2D eigenvalue weighted by atomic mass is 32.2. The van der Waals surface area contributed by atoms with Gasteiger partial charge in [0.05, 0.1) is 4.90 Å². The second kappa shape index (κ2) is 8.91. The molecule has 0 saturated heterocycles. The maximum Gasteiger partial charge on any atom is 0.264 e. The van der Waals surface area contributed by atoms with Gasteiger partial charge in [-0.15, -0.1) is 0 Å². The molecule has 30 heavy (non-hydrogen) atoms. The number of ether oxygens (including phenoxy) is 1. The smallest absolute Gasteiger partial charge is 0.264 e. The lowest BCUT2D eigenvalue weighted by atomic mass is 10.1. The van der Waals surface area contributed by atoms with Crippen molar-refractivity contribution < 1.29 is 17.9 Å². The topological polar surface area (TPSA) is 110 Å². The number of hydrogen-bond donors (Lipinski definition) is 2.